The molecule has 7 heteroatoms. The van der Waals surface area contributed by atoms with E-state index in [9.17, 15) is 4.79 Å². The number of rotatable bonds is 3. The van der Waals surface area contributed by atoms with E-state index in [0.717, 1.165) is 45.3 Å². The first-order chi connectivity index (χ1) is 11.5. The molecule has 3 aromatic rings. The Morgan fingerprint density at radius 1 is 1.42 bits per heavy atom. The Bertz CT molecular complexity index is 956. The van der Waals surface area contributed by atoms with E-state index in [4.69, 9.17) is 4.98 Å². The minimum Gasteiger partial charge on any atom is -0.309 e. The standard InChI is InChI=1S/C17H19N3OS3/c1-8-4-5-11-12(6-8)24-16-13(11)15(21)19-14(20-16)10(3)23-17-18-9(2)7-22-17/h7-8,10H,4-6H2,1-3H3,(H,19,20,21)/t8-,10+/m1/s1. The van der Waals surface area contributed by atoms with Crippen LogP contribution in [-0.4, -0.2) is 15.0 Å². The highest BCUT2D eigenvalue weighted by atomic mass is 32.2. The van der Waals surface area contributed by atoms with Crippen LogP contribution in [0.5, 0.6) is 0 Å². The molecule has 0 unspecified atom stereocenters. The lowest BCUT2D eigenvalue weighted by atomic mass is 9.89. The molecular weight excluding hydrogens is 358 g/mol. The first-order valence-corrected chi connectivity index (χ1v) is 10.7. The molecule has 0 saturated carbocycles. The van der Waals surface area contributed by atoms with Gasteiger partial charge in [-0.1, -0.05) is 18.7 Å². The third-order valence-corrected chi connectivity index (χ3v) is 7.79. The number of thioether (sulfide) groups is 1. The number of hydrogen-bond acceptors (Lipinski definition) is 6. The number of nitrogens with one attached hydrogen (secondary N) is 1. The van der Waals surface area contributed by atoms with Crippen molar-refractivity contribution in [3.8, 4) is 0 Å². The molecule has 0 aromatic carbocycles. The predicted octanol–water partition coefficient (Wildman–Crippen LogP) is 4.73. The summed E-state index contributed by atoms with van der Waals surface area (Å²) in [5, 5.41) is 2.95. The summed E-state index contributed by atoms with van der Waals surface area (Å²) in [5.41, 5.74) is 2.29. The molecule has 0 radical (unpaired) electrons. The average molecular weight is 378 g/mol. The molecule has 0 spiro atoms. The van der Waals surface area contributed by atoms with Gasteiger partial charge in [-0.05, 0) is 44.6 Å². The van der Waals surface area contributed by atoms with Gasteiger partial charge < -0.3 is 4.98 Å². The lowest BCUT2D eigenvalue weighted by molar-refractivity contribution is 0.509. The summed E-state index contributed by atoms with van der Waals surface area (Å²) < 4.78 is 1.02. The van der Waals surface area contributed by atoms with Crippen molar-refractivity contribution in [1.29, 1.82) is 0 Å². The maximum atomic E-state index is 12.7. The third-order valence-electron chi connectivity index (χ3n) is 4.44. The number of nitrogens with zero attached hydrogens (tertiary/aromatic N) is 2. The number of thiazole rings is 1. The van der Waals surface area contributed by atoms with Crippen LogP contribution in [0.15, 0.2) is 14.5 Å². The highest BCUT2D eigenvalue weighted by Crippen LogP contribution is 2.38. The van der Waals surface area contributed by atoms with E-state index in [2.05, 4.69) is 23.8 Å². The Morgan fingerprint density at radius 2 is 2.25 bits per heavy atom. The summed E-state index contributed by atoms with van der Waals surface area (Å²) in [6.45, 7) is 6.35. The minimum atomic E-state index is 0.0184. The van der Waals surface area contributed by atoms with E-state index in [1.54, 1.807) is 34.4 Å². The molecule has 1 aliphatic rings. The SMILES string of the molecule is Cc1csc(S[C@@H](C)c2nc3sc4c(c3c(=O)[nH]2)CC[C@@H](C)C4)n1. The van der Waals surface area contributed by atoms with Crippen molar-refractivity contribution in [3.63, 3.8) is 0 Å². The van der Waals surface area contributed by atoms with Crippen molar-refractivity contribution in [3.05, 3.63) is 37.7 Å². The summed E-state index contributed by atoms with van der Waals surface area (Å²) in [4.78, 5) is 27.2. The maximum Gasteiger partial charge on any atom is 0.259 e. The van der Waals surface area contributed by atoms with Gasteiger partial charge in [-0.3, -0.25) is 4.79 Å². The van der Waals surface area contributed by atoms with Crippen molar-refractivity contribution >= 4 is 44.7 Å². The maximum absolute atomic E-state index is 12.7. The number of aryl methyl sites for hydroxylation is 2. The van der Waals surface area contributed by atoms with Gasteiger partial charge in [0.05, 0.1) is 10.6 Å². The van der Waals surface area contributed by atoms with E-state index in [1.807, 2.05) is 12.3 Å². The monoisotopic (exact) mass is 377 g/mol. The Kier molecular flexibility index (Phi) is 4.26. The molecule has 1 aliphatic carbocycles. The fourth-order valence-corrected chi connectivity index (χ4v) is 6.58. The second kappa shape index (κ2) is 6.28. The average Bonchev–Trinajstić information content (AvgIpc) is 3.09. The van der Waals surface area contributed by atoms with Crippen LogP contribution < -0.4 is 5.56 Å². The van der Waals surface area contributed by atoms with Crippen molar-refractivity contribution in [2.45, 2.75) is 49.6 Å². The zero-order chi connectivity index (χ0) is 16.8. The molecule has 0 aliphatic heterocycles. The van der Waals surface area contributed by atoms with E-state index >= 15 is 0 Å². The highest BCUT2D eigenvalue weighted by Gasteiger charge is 2.24. The van der Waals surface area contributed by atoms with Crippen LogP contribution in [0, 0.1) is 12.8 Å². The zero-order valence-corrected chi connectivity index (χ0v) is 16.3. The smallest absolute Gasteiger partial charge is 0.259 e. The molecule has 2 atom stereocenters. The largest absolute Gasteiger partial charge is 0.309 e. The van der Waals surface area contributed by atoms with Crippen molar-refractivity contribution < 1.29 is 0 Å². The molecule has 0 bridgehead atoms. The van der Waals surface area contributed by atoms with Crippen LogP contribution in [0.2, 0.25) is 0 Å². The summed E-state index contributed by atoms with van der Waals surface area (Å²) in [7, 11) is 0. The molecule has 0 saturated heterocycles. The van der Waals surface area contributed by atoms with Crippen molar-refractivity contribution in [1.82, 2.24) is 15.0 Å². The number of fused-ring (bicyclic) bond motifs is 3. The predicted molar refractivity (Wildman–Crippen MR) is 103 cm³/mol. The van der Waals surface area contributed by atoms with Gasteiger partial charge in [0.15, 0.2) is 4.34 Å². The molecule has 24 heavy (non-hydrogen) atoms. The van der Waals surface area contributed by atoms with Crippen molar-refractivity contribution in [2.75, 3.05) is 0 Å². The van der Waals surface area contributed by atoms with Gasteiger partial charge in [-0.25, -0.2) is 9.97 Å². The Labute approximate surface area is 152 Å². The van der Waals surface area contributed by atoms with Crippen LogP contribution in [-0.2, 0) is 12.8 Å². The van der Waals surface area contributed by atoms with E-state index < -0.39 is 0 Å². The third kappa shape index (κ3) is 2.93. The van der Waals surface area contributed by atoms with Crippen molar-refractivity contribution in [2.24, 2.45) is 5.92 Å². The lowest BCUT2D eigenvalue weighted by Crippen LogP contribution is -2.15. The van der Waals surface area contributed by atoms with Gasteiger partial charge in [0.2, 0.25) is 0 Å². The molecule has 4 nitrogen and oxygen atoms in total. The minimum absolute atomic E-state index is 0.0184. The Hall–Kier alpha value is -1.18. The number of thiophene rings is 1. The first-order valence-electron chi connectivity index (χ1n) is 8.14. The molecular formula is C17H19N3OS3. The van der Waals surface area contributed by atoms with Crippen LogP contribution >= 0.6 is 34.4 Å². The van der Waals surface area contributed by atoms with Gasteiger partial charge in [-0.15, -0.1) is 22.7 Å². The number of aromatic amines is 1. The Morgan fingerprint density at radius 3 is 3.00 bits per heavy atom. The molecule has 0 fully saturated rings. The second-order valence-electron chi connectivity index (χ2n) is 6.50. The van der Waals surface area contributed by atoms with Gasteiger partial charge >= 0.3 is 0 Å². The van der Waals surface area contributed by atoms with Gasteiger partial charge in [0.1, 0.15) is 10.7 Å². The summed E-state index contributed by atoms with van der Waals surface area (Å²) >= 11 is 4.99. The van der Waals surface area contributed by atoms with Gasteiger partial charge in [0.25, 0.3) is 5.56 Å². The number of hydrogen-bond donors (Lipinski definition) is 1. The van der Waals surface area contributed by atoms with Crippen LogP contribution in [0.4, 0.5) is 0 Å². The summed E-state index contributed by atoms with van der Waals surface area (Å²) in [5.74, 6) is 1.45. The molecule has 126 valence electrons. The topological polar surface area (TPSA) is 58.6 Å². The highest BCUT2D eigenvalue weighted by molar-refractivity contribution is 8.01. The Balaban J connectivity index is 1.71. The summed E-state index contributed by atoms with van der Waals surface area (Å²) in [6, 6.07) is 0. The molecule has 3 heterocycles. The molecule has 4 rings (SSSR count). The number of H-pyrrole nitrogens is 1. The summed E-state index contributed by atoms with van der Waals surface area (Å²) in [6.07, 6.45) is 3.24. The first kappa shape index (κ1) is 16.3. The van der Waals surface area contributed by atoms with E-state index in [-0.39, 0.29) is 10.8 Å². The normalized spacial score (nSPS) is 18.7. The quantitative estimate of drug-likeness (QED) is 0.671. The molecule has 3 aromatic heterocycles. The number of aromatic nitrogens is 3. The van der Waals surface area contributed by atoms with E-state index in [1.165, 1.54) is 10.4 Å². The lowest BCUT2D eigenvalue weighted by Gasteiger charge is -2.17. The molecule has 1 N–H and O–H groups in total. The van der Waals surface area contributed by atoms with Crippen LogP contribution in [0.25, 0.3) is 10.2 Å². The van der Waals surface area contributed by atoms with Crippen LogP contribution in [0.3, 0.4) is 0 Å². The van der Waals surface area contributed by atoms with Gasteiger partial charge in [-0.2, -0.15) is 0 Å². The van der Waals surface area contributed by atoms with Gasteiger partial charge in [0, 0.05) is 16.0 Å². The second-order valence-corrected chi connectivity index (χ2v) is 10.0. The zero-order valence-electron chi connectivity index (χ0n) is 13.9. The molecule has 0 amide bonds. The fraction of sp³-hybridized carbons (Fsp3) is 0.471. The fourth-order valence-electron chi connectivity index (χ4n) is 3.15. The van der Waals surface area contributed by atoms with E-state index in [0.29, 0.717) is 5.92 Å². The van der Waals surface area contributed by atoms with Crippen LogP contribution in [0.1, 0.15) is 47.5 Å².